The summed E-state index contributed by atoms with van der Waals surface area (Å²) >= 11 is 5.95. The van der Waals surface area contributed by atoms with Gasteiger partial charge in [0, 0.05) is 10.9 Å². The Bertz CT molecular complexity index is 1020. The number of carbonyl (C=O) groups is 1. The molecule has 0 radical (unpaired) electrons. The van der Waals surface area contributed by atoms with Crippen molar-refractivity contribution in [1.29, 1.82) is 0 Å². The third-order valence-electron chi connectivity index (χ3n) is 4.83. The molecule has 0 N–H and O–H groups in total. The maximum atomic E-state index is 13.3. The molecule has 0 aliphatic heterocycles. The van der Waals surface area contributed by atoms with E-state index in [9.17, 15) is 4.79 Å². The van der Waals surface area contributed by atoms with E-state index in [1.54, 1.807) is 30.5 Å². The van der Waals surface area contributed by atoms with Gasteiger partial charge in [-0.2, -0.15) is 0 Å². The molecule has 3 aromatic carbocycles. The van der Waals surface area contributed by atoms with Crippen molar-refractivity contribution in [2.24, 2.45) is 11.1 Å². The van der Waals surface area contributed by atoms with Gasteiger partial charge < -0.3 is 9.57 Å². The molecule has 0 saturated heterocycles. The second-order valence-corrected chi connectivity index (χ2v) is 6.93. The van der Waals surface area contributed by atoms with Gasteiger partial charge in [-0.25, -0.2) is 0 Å². The van der Waals surface area contributed by atoms with Crippen LogP contribution in [0.5, 0.6) is 11.5 Å². The third-order valence-corrected chi connectivity index (χ3v) is 5.08. The topological polar surface area (TPSA) is 47.9 Å². The van der Waals surface area contributed by atoms with E-state index in [0.29, 0.717) is 22.1 Å². The summed E-state index contributed by atoms with van der Waals surface area (Å²) in [6, 6.07) is 22.7. The van der Waals surface area contributed by atoms with Gasteiger partial charge in [-0.1, -0.05) is 59.2 Å². The van der Waals surface area contributed by atoms with Crippen LogP contribution < -0.4 is 4.74 Å². The number of benzene rings is 3. The first-order valence-electron chi connectivity index (χ1n) is 8.91. The number of ketones is 1. The zero-order valence-corrected chi connectivity index (χ0v) is 16.0. The number of Topliss-reactive ketones (excluding diaryl/α,β-unsaturated/α-hetero) is 1. The minimum absolute atomic E-state index is 0.0331. The van der Waals surface area contributed by atoms with Crippen LogP contribution in [0.25, 0.3) is 0 Å². The van der Waals surface area contributed by atoms with Gasteiger partial charge in [-0.05, 0) is 41.5 Å². The molecule has 140 valence electrons. The number of rotatable bonds is 5. The van der Waals surface area contributed by atoms with Crippen molar-refractivity contribution in [1.82, 2.24) is 0 Å². The molecule has 4 nitrogen and oxygen atoms in total. The van der Waals surface area contributed by atoms with E-state index < -0.39 is 5.92 Å². The fourth-order valence-corrected chi connectivity index (χ4v) is 3.75. The van der Waals surface area contributed by atoms with Crippen molar-refractivity contribution in [3.63, 3.8) is 0 Å². The molecule has 0 aromatic heterocycles. The molecule has 0 heterocycles. The number of fused-ring (bicyclic) bond motifs is 1. The molecule has 0 saturated carbocycles. The summed E-state index contributed by atoms with van der Waals surface area (Å²) in [5, 5.41) is 4.51. The van der Waals surface area contributed by atoms with E-state index in [1.165, 1.54) is 7.11 Å². The van der Waals surface area contributed by atoms with Gasteiger partial charge in [-0.3, -0.25) is 4.79 Å². The largest absolute Gasteiger partial charge is 0.457 e. The summed E-state index contributed by atoms with van der Waals surface area (Å²) in [6.07, 6.45) is 1.58. The van der Waals surface area contributed by atoms with Crippen molar-refractivity contribution in [3.8, 4) is 11.5 Å². The standard InChI is InChI=1S/C23H18ClNO3/c1-27-25-14-19-21(15-6-3-2-4-7-15)18-8-5-9-20(22(18)23(19)26)28-17-12-10-16(24)11-13-17/h2-14,19,21H,1H3/b25-14-/t19-,21+/m1/s1. The van der Waals surface area contributed by atoms with Crippen molar-refractivity contribution >= 4 is 23.6 Å². The first kappa shape index (κ1) is 18.3. The molecular weight excluding hydrogens is 374 g/mol. The van der Waals surface area contributed by atoms with Crippen LogP contribution in [0.1, 0.15) is 27.4 Å². The summed E-state index contributed by atoms with van der Waals surface area (Å²) < 4.78 is 6.03. The number of carbonyl (C=O) groups excluding carboxylic acids is 1. The molecule has 0 fully saturated rings. The highest BCUT2D eigenvalue weighted by Gasteiger charge is 2.42. The summed E-state index contributed by atoms with van der Waals surface area (Å²) in [7, 11) is 1.47. The Hall–Kier alpha value is -3.11. The lowest BCUT2D eigenvalue weighted by Gasteiger charge is -2.16. The highest BCUT2D eigenvalue weighted by atomic mass is 35.5. The average molecular weight is 392 g/mol. The third kappa shape index (κ3) is 3.39. The van der Waals surface area contributed by atoms with Crippen LogP contribution in [-0.2, 0) is 4.84 Å². The van der Waals surface area contributed by atoms with Crippen molar-refractivity contribution in [3.05, 3.63) is 94.5 Å². The zero-order valence-electron chi connectivity index (χ0n) is 15.2. The van der Waals surface area contributed by atoms with E-state index in [4.69, 9.17) is 21.2 Å². The van der Waals surface area contributed by atoms with Gasteiger partial charge in [-0.15, -0.1) is 0 Å². The van der Waals surface area contributed by atoms with Crippen LogP contribution in [0.3, 0.4) is 0 Å². The zero-order chi connectivity index (χ0) is 19.5. The fourth-order valence-electron chi connectivity index (χ4n) is 3.62. The van der Waals surface area contributed by atoms with Gasteiger partial charge in [0.25, 0.3) is 0 Å². The number of hydrogen-bond acceptors (Lipinski definition) is 4. The molecule has 1 aliphatic rings. The molecule has 1 aliphatic carbocycles. The summed E-state index contributed by atoms with van der Waals surface area (Å²) in [6.45, 7) is 0. The Labute approximate surface area is 168 Å². The molecular formula is C23H18ClNO3. The number of nitrogens with zero attached hydrogens (tertiary/aromatic N) is 1. The quantitative estimate of drug-likeness (QED) is 0.413. The summed E-state index contributed by atoms with van der Waals surface area (Å²) in [4.78, 5) is 18.1. The Morgan fingerprint density at radius 1 is 0.964 bits per heavy atom. The first-order chi connectivity index (χ1) is 13.7. The number of hydrogen-bond donors (Lipinski definition) is 0. The van der Waals surface area contributed by atoms with Crippen LogP contribution >= 0.6 is 11.6 Å². The van der Waals surface area contributed by atoms with Crippen molar-refractivity contribution in [2.45, 2.75) is 5.92 Å². The lowest BCUT2D eigenvalue weighted by molar-refractivity contribution is 0.0960. The van der Waals surface area contributed by atoms with Gasteiger partial charge in [0.15, 0.2) is 5.78 Å². The Morgan fingerprint density at radius 3 is 2.43 bits per heavy atom. The van der Waals surface area contributed by atoms with Gasteiger partial charge in [0.05, 0.1) is 17.7 Å². The maximum Gasteiger partial charge on any atom is 0.176 e. The second-order valence-electron chi connectivity index (χ2n) is 6.49. The van der Waals surface area contributed by atoms with Crippen LogP contribution in [0.15, 0.2) is 78.0 Å². The van der Waals surface area contributed by atoms with Crippen molar-refractivity contribution < 1.29 is 14.4 Å². The molecule has 2 atom stereocenters. The van der Waals surface area contributed by atoms with Crippen LogP contribution in [0.4, 0.5) is 0 Å². The molecule has 4 rings (SSSR count). The highest BCUT2D eigenvalue weighted by molar-refractivity contribution is 6.30. The molecule has 3 aromatic rings. The molecule has 0 spiro atoms. The van der Waals surface area contributed by atoms with E-state index >= 15 is 0 Å². The molecule has 0 unspecified atom stereocenters. The van der Waals surface area contributed by atoms with Crippen LogP contribution in [0.2, 0.25) is 5.02 Å². The monoisotopic (exact) mass is 391 g/mol. The number of halogens is 1. The molecule has 28 heavy (non-hydrogen) atoms. The van der Waals surface area contributed by atoms with Gasteiger partial charge in [0.2, 0.25) is 0 Å². The Balaban J connectivity index is 1.80. The fraction of sp³-hybridized carbons (Fsp3) is 0.130. The predicted molar refractivity (Wildman–Crippen MR) is 110 cm³/mol. The minimum atomic E-state index is -0.452. The van der Waals surface area contributed by atoms with Crippen LogP contribution in [-0.4, -0.2) is 19.1 Å². The second kappa shape index (κ2) is 7.87. The van der Waals surface area contributed by atoms with E-state index in [1.807, 2.05) is 48.5 Å². The highest BCUT2D eigenvalue weighted by Crippen LogP contribution is 2.45. The van der Waals surface area contributed by atoms with E-state index in [-0.39, 0.29) is 11.7 Å². The summed E-state index contributed by atoms with van der Waals surface area (Å²) in [5.74, 6) is 0.521. The van der Waals surface area contributed by atoms with E-state index in [2.05, 4.69) is 5.16 Å². The van der Waals surface area contributed by atoms with Gasteiger partial charge >= 0.3 is 0 Å². The Morgan fingerprint density at radius 2 is 1.71 bits per heavy atom. The maximum absolute atomic E-state index is 13.3. The number of ether oxygens (including phenoxy) is 1. The summed E-state index contributed by atoms with van der Waals surface area (Å²) in [5.41, 5.74) is 2.56. The first-order valence-corrected chi connectivity index (χ1v) is 9.29. The smallest absolute Gasteiger partial charge is 0.176 e. The van der Waals surface area contributed by atoms with Crippen LogP contribution in [0, 0.1) is 5.92 Å². The number of oxime groups is 1. The lowest BCUT2D eigenvalue weighted by Crippen LogP contribution is -2.16. The predicted octanol–water partition coefficient (Wildman–Crippen LogP) is 5.71. The van der Waals surface area contributed by atoms with E-state index in [0.717, 1.165) is 11.1 Å². The average Bonchev–Trinajstić information content (AvgIpc) is 3.01. The van der Waals surface area contributed by atoms with Gasteiger partial charge in [0.1, 0.15) is 18.6 Å². The van der Waals surface area contributed by atoms with Crippen molar-refractivity contribution in [2.75, 3.05) is 7.11 Å². The SMILES string of the molecule is CO/N=C\[C@H]1C(=O)c2c(Oc3ccc(Cl)cc3)cccc2[C@@H]1c1ccccc1. The normalized spacial score (nSPS) is 18.3. The molecule has 0 amide bonds. The molecule has 5 heteroatoms. The molecule has 0 bridgehead atoms. The lowest BCUT2D eigenvalue weighted by atomic mass is 9.86. The minimum Gasteiger partial charge on any atom is -0.457 e. The Kier molecular flexibility index (Phi) is 5.13.